The zero-order chi connectivity index (χ0) is 12.5. The van der Waals surface area contributed by atoms with Crippen LogP contribution in [0.1, 0.15) is 6.92 Å². The highest BCUT2D eigenvalue weighted by molar-refractivity contribution is 8.09. The molecule has 2 rings (SSSR count). The second-order valence-electron chi connectivity index (χ2n) is 3.42. The van der Waals surface area contributed by atoms with Gasteiger partial charge in [0.15, 0.2) is 0 Å². The molecule has 0 aromatic heterocycles. The average Bonchev–Trinajstić information content (AvgIpc) is 2.57. The molecule has 0 N–H and O–H groups in total. The molecule has 1 aromatic carbocycles. The maximum absolute atomic E-state index is 11.7. The first kappa shape index (κ1) is 11.7. The molecular formula is C11H11NO4S. The molecule has 0 aliphatic carbocycles. The fourth-order valence-corrected chi connectivity index (χ4v) is 2.11. The highest BCUT2D eigenvalue weighted by atomic mass is 32.2. The fraction of sp³-hybridized carbons (Fsp3) is 0.182. The SMILES string of the molecule is COc1ccc(OC2=NC=C(C)S2(=O)=O)cc1. The van der Waals surface area contributed by atoms with Gasteiger partial charge in [-0.3, -0.25) is 0 Å². The molecule has 90 valence electrons. The lowest BCUT2D eigenvalue weighted by Gasteiger charge is -2.06. The van der Waals surface area contributed by atoms with E-state index in [1.807, 2.05) is 0 Å². The number of nitrogens with zero attached hydrogens (tertiary/aromatic N) is 1. The molecule has 0 radical (unpaired) electrons. The van der Waals surface area contributed by atoms with Crippen LogP contribution < -0.4 is 9.47 Å². The van der Waals surface area contributed by atoms with Crippen LogP contribution in [0, 0.1) is 0 Å². The Morgan fingerprint density at radius 3 is 2.18 bits per heavy atom. The van der Waals surface area contributed by atoms with E-state index in [1.165, 1.54) is 13.1 Å². The van der Waals surface area contributed by atoms with Crippen molar-refractivity contribution >= 4 is 15.1 Å². The molecule has 1 aromatic rings. The van der Waals surface area contributed by atoms with E-state index in [1.54, 1.807) is 31.4 Å². The Labute approximate surface area is 99.3 Å². The predicted octanol–water partition coefficient (Wildman–Crippen LogP) is 1.72. The summed E-state index contributed by atoms with van der Waals surface area (Å²) in [4.78, 5) is 3.90. The van der Waals surface area contributed by atoms with Crippen LogP contribution in [0.15, 0.2) is 40.4 Å². The number of benzene rings is 1. The zero-order valence-electron chi connectivity index (χ0n) is 9.38. The van der Waals surface area contributed by atoms with E-state index in [-0.39, 0.29) is 10.1 Å². The molecule has 0 spiro atoms. The molecule has 5 nitrogen and oxygen atoms in total. The molecule has 1 aliphatic heterocycles. The maximum Gasteiger partial charge on any atom is 0.319 e. The van der Waals surface area contributed by atoms with Crippen LogP contribution in [0.2, 0.25) is 0 Å². The van der Waals surface area contributed by atoms with Crippen molar-refractivity contribution in [2.45, 2.75) is 6.92 Å². The van der Waals surface area contributed by atoms with Gasteiger partial charge < -0.3 is 9.47 Å². The van der Waals surface area contributed by atoms with Crippen molar-refractivity contribution in [2.75, 3.05) is 7.11 Å². The summed E-state index contributed by atoms with van der Waals surface area (Å²) in [5.74, 6) is 1.07. The quantitative estimate of drug-likeness (QED) is 0.805. The number of hydrogen-bond acceptors (Lipinski definition) is 5. The van der Waals surface area contributed by atoms with Crippen molar-refractivity contribution in [3.63, 3.8) is 0 Å². The van der Waals surface area contributed by atoms with Crippen LogP contribution in [0.3, 0.4) is 0 Å². The Hall–Kier alpha value is -1.82. The first-order chi connectivity index (χ1) is 8.04. The van der Waals surface area contributed by atoms with Gasteiger partial charge in [-0.2, -0.15) is 0 Å². The molecule has 0 saturated heterocycles. The van der Waals surface area contributed by atoms with E-state index in [0.29, 0.717) is 11.5 Å². The number of hydrogen-bond donors (Lipinski definition) is 0. The third-order valence-electron chi connectivity index (χ3n) is 2.27. The van der Waals surface area contributed by atoms with E-state index in [4.69, 9.17) is 9.47 Å². The first-order valence-corrected chi connectivity index (χ1v) is 6.34. The smallest absolute Gasteiger partial charge is 0.319 e. The minimum Gasteiger partial charge on any atom is -0.497 e. The summed E-state index contributed by atoms with van der Waals surface area (Å²) in [6.45, 7) is 1.48. The van der Waals surface area contributed by atoms with Gasteiger partial charge in [-0.05, 0) is 31.2 Å². The molecule has 0 unspecified atom stereocenters. The van der Waals surface area contributed by atoms with Gasteiger partial charge in [0.1, 0.15) is 11.5 Å². The highest BCUT2D eigenvalue weighted by Crippen LogP contribution is 2.22. The predicted molar refractivity (Wildman–Crippen MR) is 63.7 cm³/mol. The number of methoxy groups -OCH3 is 1. The second-order valence-corrected chi connectivity index (χ2v) is 5.42. The Kier molecular flexibility index (Phi) is 2.89. The van der Waals surface area contributed by atoms with Gasteiger partial charge in [0.05, 0.1) is 12.0 Å². The first-order valence-electron chi connectivity index (χ1n) is 4.85. The molecule has 0 bridgehead atoms. The van der Waals surface area contributed by atoms with Crippen molar-refractivity contribution < 1.29 is 17.9 Å². The van der Waals surface area contributed by atoms with Crippen LogP contribution in [-0.2, 0) is 9.84 Å². The highest BCUT2D eigenvalue weighted by Gasteiger charge is 2.28. The van der Waals surface area contributed by atoms with Crippen LogP contribution in [-0.4, -0.2) is 20.8 Å². The summed E-state index contributed by atoms with van der Waals surface area (Å²) < 4.78 is 33.5. The number of ether oxygens (including phenoxy) is 2. The lowest BCUT2D eigenvalue weighted by atomic mass is 10.3. The number of sulfone groups is 1. The number of allylic oxidation sites excluding steroid dienone is 1. The Balaban J connectivity index is 2.18. The number of rotatable bonds is 2. The monoisotopic (exact) mass is 253 g/mol. The third-order valence-corrected chi connectivity index (χ3v) is 3.87. The normalized spacial score (nSPS) is 17.3. The second kappa shape index (κ2) is 4.21. The van der Waals surface area contributed by atoms with E-state index < -0.39 is 9.84 Å². The lowest BCUT2D eigenvalue weighted by Crippen LogP contribution is -2.18. The molecule has 1 heterocycles. The van der Waals surface area contributed by atoms with Crippen molar-refractivity contribution in [1.29, 1.82) is 0 Å². The molecule has 0 fully saturated rings. The lowest BCUT2D eigenvalue weighted by molar-refractivity contribution is 0.414. The van der Waals surface area contributed by atoms with Crippen molar-refractivity contribution in [3.8, 4) is 11.5 Å². The Morgan fingerprint density at radius 1 is 1.12 bits per heavy atom. The van der Waals surface area contributed by atoms with Gasteiger partial charge >= 0.3 is 5.23 Å². The molecule has 0 amide bonds. The standard InChI is InChI=1S/C11H11NO4S/c1-8-7-12-11(17(8,13)14)16-10-5-3-9(15-2)4-6-10/h3-7H,1-2H3. The van der Waals surface area contributed by atoms with Gasteiger partial charge in [-0.15, -0.1) is 0 Å². The summed E-state index contributed by atoms with van der Waals surface area (Å²) in [5.41, 5.74) is 0. The van der Waals surface area contributed by atoms with Gasteiger partial charge in [0, 0.05) is 6.20 Å². The van der Waals surface area contributed by atoms with Crippen molar-refractivity contribution in [2.24, 2.45) is 4.99 Å². The maximum atomic E-state index is 11.7. The minimum atomic E-state index is -3.52. The Bertz CT molecular complexity index is 584. The molecule has 6 heteroatoms. The fourth-order valence-electron chi connectivity index (χ4n) is 1.25. The summed E-state index contributed by atoms with van der Waals surface area (Å²) in [7, 11) is -1.97. The molecular weight excluding hydrogens is 242 g/mol. The van der Waals surface area contributed by atoms with Crippen LogP contribution in [0.25, 0.3) is 0 Å². The summed E-state index contributed by atoms with van der Waals surface area (Å²) in [5, 5.41) is -0.292. The van der Waals surface area contributed by atoms with Crippen LogP contribution in [0.5, 0.6) is 11.5 Å². The topological polar surface area (TPSA) is 65.0 Å². The molecule has 17 heavy (non-hydrogen) atoms. The molecule has 0 atom stereocenters. The number of aliphatic imine (C=N–C) groups is 1. The summed E-state index contributed by atoms with van der Waals surface area (Å²) >= 11 is 0. The average molecular weight is 253 g/mol. The van der Waals surface area contributed by atoms with Gasteiger partial charge in [0.25, 0.3) is 9.84 Å². The molecule has 0 saturated carbocycles. The van der Waals surface area contributed by atoms with E-state index >= 15 is 0 Å². The van der Waals surface area contributed by atoms with E-state index in [2.05, 4.69) is 4.99 Å². The van der Waals surface area contributed by atoms with E-state index in [0.717, 1.165) is 0 Å². The summed E-state index contributed by atoms with van der Waals surface area (Å²) in [6.07, 6.45) is 1.27. The van der Waals surface area contributed by atoms with Crippen molar-refractivity contribution in [3.05, 3.63) is 35.4 Å². The summed E-state index contributed by atoms with van der Waals surface area (Å²) in [6, 6.07) is 6.59. The van der Waals surface area contributed by atoms with Gasteiger partial charge in [0.2, 0.25) is 0 Å². The van der Waals surface area contributed by atoms with Crippen molar-refractivity contribution in [1.82, 2.24) is 0 Å². The van der Waals surface area contributed by atoms with Gasteiger partial charge in [-0.1, -0.05) is 0 Å². The van der Waals surface area contributed by atoms with Crippen LogP contribution >= 0.6 is 0 Å². The minimum absolute atomic E-state index is 0.181. The van der Waals surface area contributed by atoms with E-state index in [9.17, 15) is 8.42 Å². The largest absolute Gasteiger partial charge is 0.497 e. The third kappa shape index (κ3) is 2.16. The molecule has 1 aliphatic rings. The zero-order valence-corrected chi connectivity index (χ0v) is 10.2. The van der Waals surface area contributed by atoms with Gasteiger partial charge in [-0.25, -0.2) is 13.4 Å². The Morgan fingerprint density at radius 2 is 1.71 bits per heavy atom. The van der Waals surface area contributed by atoms with Crippen LogP contribution in [0.4, 0.5) is 0 Å².